The fourth-order valence-electron chi connectivity index (χ4n) is 3.81. The normalized spacial score (nSPS) is 11.3. The largest absolute Gasteiger partial charge is 0.451 e. The van der Waals surface area contributed by atoms with Crippen molar-refractivity contribution in [1.29, 1.82) is 0 Å². The highest BCUT2D eigenvalue weighted by atomic mass is 16.3. The summed E-state index contributed by atoms with van der Waals surface area (Å²) in [5.41, 5.74) is 6.71. The molecule has 7 heteroatoms. The number of furan rings is 1. The summed E-state index contributed by atoms with van der Waals surface area (Å²) in [6.45, 7) is 2.15. The van der Waals surface area contributed by atoms with Gasteiger partial charge in [-0.25, -0.2) is 5.43 Å². The van der Waals surface area contributed by atoms with Crippen molar-refractivity contribution in [2.75, 3.05) is 5.32 Å². The molecule has 34 heavy (non-hydrogen) atoms. The van der Waals surface area contributed by atoms with E-state index < -0.39 is 5.91 Å². The van der Waals surface area contributed by atoms with E-state index in [4.69, 9.17) is 4.42 Å². The number of hydrazone groups is 1. The van der Waals surface area contributed by atoms with Gasteiger partial charge in [0.05, 0.1) is 6.21 Å². The van der Waals surface area contributed by atoms with Crippen LogP contribution >= 0.6 is 0 Å². The molecule has 0 saturated carbocycles. The number of hydrogen-bond acceptors (Lipinski definition) is 4. The number of aromatic nitrogens is 1. The molecule has 0 radical (unpaired) electrons. The topological polar surface area (TPSA) is 88.6 Å². The third kappa shape index (κ3) is 4.45. The molecule has 2 N–H and O–H groups in total. The van der Waals surface area contributed by atoms with Gasteiger partial charge in [0.2, 0.25) is 5.91 Å². The third-order valence-electron chi connectivity index (χ3n) is 5.49. The number of fused-ring (bicyclic) bond motifs is 2. The fraction of sp³-hybridized carbons (Fsp3) is 0.0741. The van der Waals surface area contributed by atoms with Gasteiger partial charge in [-0.05, 0) is 37.3 Å². The van der Waals surface area contributed by atoms with Gasteiger partial charge in [-0.15, -0.1) is 0 Å². The smallest absolute Gasteiger partial charge is 0.307 e. The van der Waals surface area contributed by atoms with Crippen molar-refractivity contribution in [2.45, 2.75) is 13.5 Å². The SMILES string of the molecule is Cc1ccc(NC(=O)Cn2cc(/C=N/NC(=O)c3cc4ccccc4o3)c3ccccc32)cc1. The van der Waals surface area contributed by atoms with E-state index >= 15 is 0 Å². The molecule has 2 aromatic heterocycles. The Balaban J connectivity index is 1.31. The molecule has 2 heterocycles. The van der Waals surface area contributed by atoms with Gasteiger partial charge in [0.1, 0.15) is 12.1 Å². The summed E-state index contributed by atoms with van der Waals surface area (Å²) in [5.74, 6) is -0.381. The van der Waals surface area contributed by atoms with E-state index in [0.717, 1.165) is 33.1 Å². The maximum atomic E-state index is 12.6. The summed E-state index contributed by atoms with van der Waals surface area (Å²) in [7, 11) is 0. The molecule has 2 amide bonds. The van der Waals surface area contributed by atoms with Crippen LogP contribution in [0.1, 0.15) is 21.7 Å². The summed E-state index contributed by atoms with van der Waals surface area (Å²) >= 11 is 0. The predicted octanol–water partition coefficient (Wildman–Crippen LogP) is 5.10. The van der Waals surface area contributed by atoms with Crippen molar-refractivity contribution in [3.63, 3.8) is 0 Å². The minimum atomic E-state index is -0.436. The number of carbonyl (C=O) groups excluding carboxylic acids is 2. The lowest BCUT2D eigenvalue weighted by Crippen LogP contribution is -2.18. The van der Waals surface area contributed by atoms with Crippen LogP contribution in [0.5, 0.6) is 0 Å². The fourth-order valence-corrected chi connectivity index (χ4v) is 3.81. The summed E-state index contributed by atoms with van der Waals surface area (Å²) in [6.07, 6.45) is 3.41. The number of hydrogen-bond donors (Lipinski definition) is 2. The molecule has 0 aliphatic heterocycles. The molecule has 0 aliphatic carbocycles. The molecule has 0 fully saturated rings. The van der Waals surface area contributed by atoms with Gasteiger partial charge in [-0.3, -0.25) is 9.59 Å². The van der Waals surface area contributed by atoms with Crippen LogP contribution in [0.2, 0.25) is 0 Å². The molecule has 168 valence electrons. The molecule has 0 aliphatic rings. The van der Waals surface area contributed by atoms with Gasteiger partial charge >= 0.3 is 5.91 Å². The van der Waals surface area contributed by atoms with Crippen LogP contribution in [-0.4, -0.2) is 22.6 Å². The number of rotatable bonds is 6. The first-order chi connectivity index (χ1) is 16.6. The van der Waals surface area contributed by atoms with Gasteiger partial charge in [-0.2, -0.15) is 5.10 Å². The van der Waals surface area contributed by atoms with E-state index in [1.807, 2.05) is 84.4 Å². The highest BCUT2D eigenvalue weighted by Gasteiger charge is 2.12. The molecule has 5 rings (SSSR count). The maximum absolute atomic E-state index is 12.6. The van der Waals surface area contributed by atoms with E-state index in [1.54, 1.807) is 18.3 Å². The molecule has 0 saturated heterocycles. The van der Waals surface area contributed by atoms with Crippen molar-refractivity contribution in [1.82, 2.24) is 9.99 Å². The first-order valence-electron chi connectivity index (χ1n) is 10.8. The van der Waals surface area contributed by atoms with Crippen molar-refractivity contribution in [2.24, 2.45) is 5.10 Å². The first-order valence-corrected chi connectivity index (χ1v) is 10.8. The number of benzene rings is 3. The molecule has 0 atom stereocenters. The Hall–Kier alpha value is -4.65. The number of carbonyl (C=O) groups is 2. The number of amides is 2. The van der Waals surface area contributed by atoms with Gasteiger partial charge in [0.15, 0.2) is 5.76 Å². The minimum absolute atomic E-state index is 0.133. The molecular weight excluding hydrogens is 428 g/mol. The monoisotopic (exact) mass is 450 g/mol. The standard InChI is InChI=1S/C27H22N4O3/c1-18-10-12-21(13-11-18)29-26(32)17-31-16-20(22-7-3-4-8-23(22)31)15-28-30-27(33)25-14-19-6-2-5-9-24(19)34-25/h2-16H,17H2,1H3,(H,29,32)(H,30,33)/b28-15+. The van der Waals surface area contributed by atoms with Crippen molar-refractivity contribution in [3.8, 4) is 0 Å². The van der Waals surface area contributed by atoms with Crippen LogP contribution in [0, 0.1) is 6.92 Å². The molecule has 3 aromatic carbocycles. The Morgan fingerprint density at radius 3 is 2.59 bits per heavy atom. The van der Waals surface area contributed by atoms with E-state index in [0.29, 0.717) is 5.58 Å². The Labute approximate surface area is 195 Å². The minimum Gasteiger partial charge on any atom is -0.451 e. The summed E-state index contributed by atoms with van der Waals surface area (Å²) in [5, 5.41) is 8.80. The zero-order valence-corrected chi connectivity index (χ0v) is 18.5. The second-order valence-corrected chi connectivity index (χ2v) is 7.99. The Kier molecular flexibility index (Phi) is 5.66. The molecular formula is C27H22N4O3. The van der Waals surface area contributed by atoms with E-state index in [-0.39, 0.29) is 18.2 Å². The number of nitrogens with one attached hydrogen (secondary N) is 2. The third-order valence-corrected chi connectivity index (χ3v) is 5.49. The highest BCUT2D eigenvalue weighted by Crippen LogP contribution is 2.21. The molecule has 0 spiro atoms. The summed E-state index contributed by atoms with van der Waals surface area (Å²) in [4.78, 5) is 25.1. The molecule has 0 bridgehead atoms. The zero-order chi connectivity index (χ0) is 23.5. The van der Waals surface area contributed by atoms with Gasteiger partial charge in [0.25, 0.3) is 0 Å². The molecule has 0 unspecified atom stereocenters. The number of nitrogens with zero attached hydrogens (tertiary/aromatic N) is 2. The first kappa shape index (κ1) is 21.2. The number of para-hydroxylation sites is 2. The summed E-state index contributed by atoms with van der Waals surface area (Å²) < 4.78 is 7.43. The van der Waals surface area contributed by atoms with Gasteiger partial charge < -0.3 is 14.3 Å². The average Bonchev–Trinajstić information content (AvgIpc) is 3.43. The van der Waals surface area contributed by atoms with Crippen LogP contribution in [0.15, 0.2) is 94.6 Å². The lowest BCUT2D eigenvalue weighted by atomic mass is 10.2. The molecule has 7 nitrogen and oxygen atoms in total. The lowest BCUT2D eigenvalue weighted by molar-refractivity contribution is -0.116. The van der Waals surface area contributed by atoms with Crippen LogP contribution in [-0.2, 0) is 11.3 Å². The van der Waals surface area contributed by atoms with Crippen LogP contribution in [0.25, 0.3) is 21.9 Å². The second kappa shape index (κ2) is 9.07. The lowest BCUT2D eigenvalue weighted by Gasteiger charge is -2.07. The number of aryl methyl sites for hydroxylation is 1. The van der Waals surface area contributed by atoms with Crippen LogP contribution < -0.4 is 10.7 Å². The Morgan fingerprint density at radius 1 is 1.00 bits per heavy atom. The Morgan fingerprint density at radius 2 is 1.76 bits per heavy atom. The van der Waals surface area contributed by atoms with E-state index in [2.05, 4.69) is 15.8 Å². The quantitative estimate of drug-likeness (QED) is 0.279. The summed E-state index contributed by atoms with van der Waals surface area (Å²) in [6, 6.07) is 24.5. The van der Waals surface area contributed by atoms with Crippen molar-refractivity contribution in [3.05, 3.63) is 102 Å². The molecule has 5 aromatic rings. The predicted molar refractivity (Wildman–Crippen MR) is 133 cm³/mol. The van der Waals surface area contributed by atoms with Crippen LogP contribution in [0.3, 0.4) is 0 Å². The van der Waals surface area contributed by atoms with Gasteiger partial charge in [0, 0.05) is 33.7 Å². The van der Waals surface area contributed by atoms with E-state index in [9.17, 15) is 9.59 Å². The Bertz CT molecular complexity index is 1490. The van der Waals surface area contributed by atoms with Crippen molar-refractivity contribution >= 4 is 45.6 Å². The van der Waals surface area contributed by atoms with Gasteiger partial charge in [-0.1, -0.05) is 54.1 Å². The zero-order valence-electron chi connectivity index (χ0n) is 18.5. The average molecular weight is 450 g/mol. The van der Waals surface area contributed by atoms with Crippen LogP contribution in [0.4, 0.5) is 5.69 Å². The number of anilines is 1. The van der Waals surface area contributed by atoms with Crippen molar-refractivity contribution < 1.29 is 14.0 Å². The van der Waals surface area contributed by atoms with E-state index in [1.165, 1.54) is 0 Å². The second-order valence-electron chi connectivity index (χ2n) is 7.99. The highest BCUT2D eigenvalue weighted by molar-refractivity contribution is 6.01. The maximum Gasteiger partial charge on any atom is 0.307 e.